The van der Waals surface area contributed by atoms with E-state index in [1.807, 2.05) is 11.0 Å². The van der Waals surface area contributed by atoms with Crippen LogP contribution in [0.2, 0.25) is 10.0 Å². The molecule has 0 aromatic heterocycles. The molecule has 3 rings (SSSR count). The molecular weight excluding hydrogens is 357 g/mol. The van der Waals surface area contributed by atoms with Crippen molar-refractivity contribution in [3.05, 3.63) is 64.1 Å². The summed E-state index contributed by atoms with van der Waals surface area (Å²) in [6, 6.07) is 15.4. The molecular formula is C19H21Cl2N3O. The predicted molar refractivity (Wildman–Crippen MR) is 103 cm³/mol. The van der Waals surface area contributed by atoms with E-state index in [2.05, 4.69) is 34.5 Å². The third kappa shape index (κ3) is 5.36. The Morgan fingerprint density at radius 3 is 2.40 bits per heavy atom. The van der Waals surface area contributed by atoms with E-state index in [-0.39, 0.29) is 6.03 Å². The summed E-state index contributed by atoms with van der Waals surface area (Å²) in [5.74, 6) is 0. The van der Waals surface area contributed by atoms with E-state index in [1.54, 1.807) is 18.2 Å². The number of hydrogen-bond acceptors (Lipinski definition) is 2. The maximum absolute atomic E-state index is 12.5. The Balaban J connectivity index is 1.56. The molecule has 1 aliphatic rings. The molecule has 132 valence electrons. The first-order valence-corrected chi connectivity index (χ1v) is 9.14. The lowest BCUT2D eigenvalue weighted by atomic mass is 10.2. The van der Waals surface area contributed by atoms with Gasteiger partial charge in [0, 0.05) is 48.5 Å². The second-order valence-electron chi connectivity index (χ2n) is 6.19. The molecule has 2 aromatic rings. The van der Waals surface area contributed by atoms with E-state index in [1.165, 1.54) is 5.56 Å². The number of urea groups is 1. The summed E-state index contributed by atoms with van der Waals surface area (Å²) in [5.41, 5.74) is 1.92. The molecule has 0 saturated carbocycles. The quantitative estimate of drug-likeness (QED) is 0.838. The van der Waals surface area contributed by atoms with Crippen LogP contribution < -0.4 is 5.32 Å². The highest BCUT2D eigenvalue weighted by Gasteiger charge is 2.19. The van der Waals surface area contributed by atoms with Crippen molar-refractivity contribution in [2.75, 3.05) is 31.5 Å². The van der Waals surface area contributed by atoms with Crippen LogP contribution in [-0.4, -0.2) is 42.0 Å². The molecule has 0 aliphatic carbocycles. The van der Waals surface area contributed by atoms with Gasteiger partial charge in [-0.15, -0.1) is 0 Å². The van der Waals surface area contributed by atoms with Gasteiger partial charge in [0.05, 0.1) is 0 Å². The number of carbonyl (C=O) groups is 1. The topological polar surface area (TPSA) is 35.6 Å². The molecule has 1 aliphatic heterocycles. The van der Waals surface area contributed by atoms with Crippen molar-refractivity contribution in [1.29, 1.82) is 0 Å². The van der Waals surface area contributed by atoms with Gasteiger partial charge < -0.3 is 10.2 Å². The summed E-state index contributed by atoms with van der Waals surface area (Å²) < 4.78 is 0. The highest BCUT2D eigenvalue weighted by atomic mass is 35.5. The number of halogens is 2. The van der Waals surface area contributed by atoms with E-state index in [0.29, 0.717) is 22.3 Å². The number of anilines is 1. The lowest BCUT2D eigenvalue weighted by Crippen LogP contribution is -2.38. The number of nitrogens with zero attached hydrogens (tertiary/aromatic N) is 2. The van der Waals surface area contributed by atoms with E-state index in [9.17, 15) is 4.79 Å². The van der Waals surface area contributed by atoms with Crippen molar-refractivity contribution < 1.29 is 4.79 Å². The Morgan fingerprint density at radius 2 is 1.68 bits per heavy atom. The zero-order chi connectivity index (χ0) is 17.6. The minimum Gasteiger partial charge on any atom is -0.323 e. The van der Waals surface area contributed by atoms with Gasteiger partial charge >= 0.3 is 6.03 Å². The van der Waals surface area contributed by atoms with Crippen LogP contribution in [0.3, 0.4) is 0 Å². The lowest BCUT2D eigenvalue weighted by Gasteiger charge is -2.22. The van der Waals surface area contributed by atoms with Crippen molar-refractivity contribution in [1.82, 2.24) is 9.80 Å². The standard InChI is InChI=1S/C19H21Cl2N3O/c20-16-11-17(21)13-18(12-16)22-19(25)24-8-4-7-23(9-10-24)14-15-5-2-1-3-6-15/h1-3,5-6,11-13H,4,7-10,14H2,(H,22,25). The Labute approximate surface area is 158 Å². The van der Waals surface area contributed by atoms with Crippen LogP contribution in [0.25, 0.3) is 0 Å². The SMILES string of the molecule is O=C(Nc1cc(Cl)cc(Cl)c1)N1CCCN(Cc2ccccc2)CC1. The van der Waals surface area contributed by atoms with Crippen molar-refractivity contribution >= 4 is 34.9 Å². The maximum Gasteiger partial charge on any atom is 0.321 e. The summed E-state index contributed by atoms with van der Waals surface area (Å²) in [7, 11) is 0. The van der Waals surface area contributed by atoms with E-state index in [0.717, 1.165) is 32.6 Å². The number of nitrogens with one attached hydrogen (secondary N) is 1. The van der Waals surface area contributed by atoms with Gasteiger partial charge in [-0.25, -0.2) is 4.79 Å². The van der Waals surface area contributed by atoms with E-state index < -0.39 is 0 Å². The molecule has 1 N–H and O–H groups in total. The zero-order valence-corrected chi connectivity index (χ0v) is 15.4. The summed E-state index contributed by atoms with van der Waals surface area (Å²) in [6.07, 6.45) is 0.955. The molecule has 2 aromatic carbocycles. The Kier molecular flexibility index (Phi) is 6.19. The highest BCUT2D eigenvalue weighted by molar-refractivity contribution is 6.35. The van der Waals surface area contributed by atoms with Gasteiger partial charge in [-0.2, -0.15) is 0 Å². The summed E-state index contributed by atoms with van der Waals surface area (Å²) in [5, 5.41) is 3.90. The third-order valence-corrected chi connectivity index (χ3v) is 4.67. The summed E-state index contributed by atoms with van der Waals surface area (Å²) in [6.45, 7) is 4.21. The third-order valence-electron chi connectivity index (χ3n) is 4.24. The molecule has 6 heteroatoms. The normalized spacial score (nSPS) is 15.7. The van der Waals surface area contributed by atoms with Crippen molar-refractivity contribution in [3.63, 3.8) is 0 Å². The number of benzene rings is 2. The monoisotopic (exact) mass is 377 g/mol. The molecule has 2 amide bonds. The lowest BCUT2D eigenvalue weighted by molar-refractivity contribution is 0.211. The molecule has 1 fully saturated rings. The van der Waals surface area contributed by atoms with Gasteiger partial charge in [-0.3, -0.25) is 4.90 Å². The summed E-state index contributed by atoms with van der Waals surface area (Å²) >= 11 is 12.0. The number of hydrogen-bond donors (Lipinski definition) is 1. The summed E-state index contributed by atoms with van der Waals surface area (Å²) in [4.78, 5) is 16.8. The Morgan fingerprint density at radius 1 is 0.960 bits per heavy atom. The van der Waals surface area contributed by atoms with Gasteiger partial charge in [-0.1, -0.05) is 53.5 Å². The molecule has 0 radical (unpaired) electrons. The highest BCUT2D eigenvalue weighted by Crippen LogP contribution is 2.22. The van der Waals surface area contributed by atoms with Crippen LogP contribution >= 0.6 is 23.2 Å². The van der Waals surface area contributed by atoms with E-state index in [4.69, 9.17) is 23.2 Å². The maximum atomic E-state index is 12.5. The van der Waals surface area contributed by atoms with Crippen LogP contribution in [0.4, 0.5) is 10.5 Å². The molecule has 1 saturated heterocycles. The smallest absolute Gasteiger partial charge is 0.321 e. The molecule has 0 unspecified atom stereocenters. The van der Waals surface area contributed by atoms with Crippen LogP contribution in [0.15, 0.2) is 48.5 Å². The van der Waals surface area contributed by atoms with Crippen LogP contribution in [0.5, 0.6) is 0 Å². The Hall–Kier alpha value is -1.75. The number of amides is 2. The first kappa shape index (κ1) is 18.1. The van der Waals surface area contributed by atoms with Crippen molar-refractivity contribution in [2.45, 2.75) is 13.0 Å². The average molecular weight is 378 g/mol. The first-order chi connectivity index (χ1) is 12.1. The molecule has 25 heavy (non-hydrogen) atoms. The van der Waals surface area contributed by atoms with Gasteiger partial charge in [0.1, 0.15) is 0 Å². The van der Waals surface area contributed by atoms with Gasteiger partial charge in [-0.05, 0) is 30.2 Å². The van der Waals surface area contributed by atoms with Crippen LogP contribution in [0.1, 0.15) is 12.0 Å². The second kappa shape index (κ2) is 8.56. The Bertz CT molecular complexity index is 704. The predicted octanol–water partition coefficient (Wildman–Crippen LogP) is 4.73. The molecule has 0 bridgehead atoms. The van der Waals surface area contributed by atoms with Crippen molar-refractivity contribution in [3.8, 4) is 0 Å². The van der Waals surface area contributed by atoms with Crippen LogP contribution in [-0.2, 0) is 6.54 Å². The first-order valence-electron chi connectivity index (χ1n) is 8.38. The largest absolute Gasteiger partial charge is 0.323 e. The number of carbonyl (C=O) groups excluding carboxylic acids is 1. The van der Waals surface area contributed by atoms with Gasteiger partial charge in [0.2, 0.25) is 0 Å². The molecule has 0 spiro atoms. The fourth-order valence-electron chi connectivity index (χ4n) is 3.00. The van der Waals surface area contributed by atoms with Gasteiger partial charge in [0.25, 0.3) is 0 Å². The molecule has 4 nitrogen and oxygen atoms in total. The fourth-order valence-corrected chi connectivity index (χ4v) is 3.53. The second-order valence-corrected chi connectivity index (χ2v) is 7.06. The minimum atomic E-state index is -0.111. The van der Waals surface area contributed by atoms with Crippen molar-refractivity contribution in [2.24, 2.45) is 0 Å². The molecule has 0 atom stereocenters. The molecule has 1 heterocycles. The van der Waals surface area contributed by atoms with E-state index >= 15 is 0 Å². The zero-order valence-electron chi connectivity index (χ0n) is 13.9. The fraction of sp³-hybridized carbons (Fsp3) is 0.316. The van der Waals surface area contributed by atoms with Crippen LogP contribution in [0, 0.1) is 0 Å². The van der Waals surface area contributed by atoms with Gasteiger partial charge in [0.15, 0.2) is 0 Å². The number of rotatable bonds is 3. The average Bonchev–Trinajstić information content (AvgIpc) is 2.80. The minimum absolute atomic E-state index is 0.111.